The van der Waals surface area contributed by atoms with Gasteiger partial charge in [0.1, 0.15) is 11.8 Å². The minimum absolute atomic E-state index is 0.113. The summed E-state index contributed by atoms with van der Waals surface area (Å²) in [6, 6.07) is 12.8. The van der Waals surface area contributed by atoms with Gasteiger partial charge in [0.25, 0.3) is 5.91 Å². The first-order valence-corrected chi connectivity index (χ1v) is 10.1. The Morgan fingerprint density at radius 2 is 1.83 bits per heavy atom. The SMILES string of the molecule is CCOc1ccc(NC(=O)CC2C(=O)N(c3cccc(C)c3)C(=O)N2C(C)C)cc1. The van der Waals surface area contributed by atoms with Crippen LogP contribution in [0.25, 0.3) is 0 Å². The van der Waals surface area contributed by atoms with Gasteiger partial charge in [-0.3, -0.25) is 9.59 Å². The van der Waals surface area contributed by atoms with Crippen LogP contribution in [0.5, 0.6) is 5.75 Å². The van der Waals surface area contributed by atoms with Crippen LogP contribution < -0.4 is 15.0 Å². The van der Waals surface area contributed by atoms with Gasteiger partial charge in [0.15, 0.2) is 0 Å². The number of hydrogen-bond acceptors (Lipinski definition) is 4. The number of nitrogens with one attached hydrogen (secondary N) is 1. The summed E-state index contributed by atoms with van der Waals surface area (Å²) in [5.41, 5.74) is 2.07. The molecule has 7 heteroatoms. The van der Waals surface area contributed by atoms with E-state index in [0.29, 0.717) is 23.7 Å². The molecule has 1 fully saturated rings. The lowest BCUT2D eigenvalue weighted by Gasteiger charge is -2.25. The maximum absolute atomic E-state index is 13.1. The van der Waals surface area contributed by atoms with Crippen LogP contribution in [0.15, 0.2) is 48.5 Å². The highest BCUT2D eigenvalue weighted by Gasteiger charge is 2.47. The Kier molecular flexibility index (Phi) is 6.40. The standard InChI is InChI=1S/C23H27N3O4/c1-5-30-19-11-9-17(10-12-19)24-21(27)14-20-22(28)26(23(29)25(20)15(2)3)18-8-6-7-16(4)13-18/h6-13,15,20H,5,14H2,1-4H3,(H,24,27). The molecule has 3 rings (SSSR count). The van der Waals surface area contributed by atoms with Crippen molar-refractivity contribution in [2.75, 3.05) is 16.8 Å². The number of carbonyl (C=O) groups is 3. The summed E-state index contributed by atoms with van der Waals surface area (Å²) in [6.45, 7) is 8.03. The van der Waals surface area contributed by atoms with Crippen molar-refractivity contribution < 1.29 is 19.1 Å². The van der Waals surface area contributed by atoms with Crippen LogP contribution in [0.4, 0.5) is 16.2 Å². The number of anilines is 2. The first-order valence-electron chi connectivity index (χ1n) is 10.1. The number of urea groups is 1. The lowest BCUT2D eigenvalue weighted by molar-refractivity contribution is -0.124. The van der Waals surface area contributed by atoms with Crippen molar-refractivity contribution >= 4 is 29.2 Å². The molecule has 7 nitrogen and oxygen atoms in total. The van der Waals surface area contributed by atoms with E-state index in [-0.39, 0.29) is 24.3 Å². The number of nitrogens with zero attached hydrogens (tertiary/aromatic N) is 2. The molecule has 0 aliphatic carbocycles. The molecule has 1 unspecified atom stereocenters. The molecular formula is C23H27N3O4. The third kappa shape index (κ3) is 4.45. The number of ether oxygens (including phenoxy) is 1. The van der Waals surface area contributed by atoms with Gasteiger partial charge in [-0.05, 0) is 69.7 Å². The number of rotatable bonds is 7. The van der Waals surface area contributed by atoms with E-state index in [1.54, 1.807) is 42.5 Å². The summed E-state index contributed by atoms with van der Waals surface area (Å²) >= 11 is 0. The molecule has 0 aromatic heterocycles. The second-order valence-electron chi connectivity index (χ2n) is 7.52. The summed E-state index contributed by atoms with van der Waals surface area (Å²) in [4.78, 5) is 41.4. The van der Waals surface area contributed by atoms with Crippen LogP contribution >= 0.6 is 0 Å². The van der Waals surface area contributed by atoms with E-state index >= 15 is 0 Å². The molecule has 0 radical (unpaired) electrons. The van der Waals surface area contributed by atoms with Crippen LogP contribution in [0, 0.1) is 6.92 Å². The van der Waals surface area contributed by atoms with Gasteiger partial charge in [0.2, 0.25) is 5.91 Å². The number of imide groups is 1. The van der Waals surface area contributed by atoms with Gasteiger partial charge in [-0.2, -0.15) is 0 Å². The molecule has 2 aromatic carbocycles. The van der Waals surface area contributed by atoms with Crippen LogP contribution in [0.2, 0.25) is 0 Å². The van der Waals surface area contributed by atoms with Crippen molar-refractivity contribution in [3.8, 4) is 5.75 Å². The predicted molar refractivity (Wildman–Crippen MR) is 116 cm³/mol. The molecule has 1 heterocycles. The van der Waals surface area contributed by atoms with Crippen LogP contribution in [-0.2, 0) is 9.59 Å². The molecule has 0 bridgehead atoms. The minimum atomic E-state index is -0.847. The van der Waals surface area contributed by atoms with Crippen molar-refractivity contribution in [1.82, 2.24) is 4.90 Å². The summed E-state index contributed by atoms with van der Waals surface area (Å²) in [6.07, 6.45) is -0.113. The fourth-order valence-electron chi connectivity index (χ4n) is 3.57. The van der Waals surface area contributed by atoms with Crippen molar-refractivity contribution in [2.45, 2.75) is 46.2 Å². The highest BCUT2D eigenvalue weighted by molar-refractivity contribution is 6.22. The Balaban J connectivity index is 1.76. The fourth-order valence-corrected chi connectivity index (χ4v) is 3.57. The third-order valence-electron chi connectivity index (χ3n) is 4.90. The maximum atomic E-state index is 13.1. The smallest absolute Gasteiger partial charge is 0.332 e. The van der Waals surface area contributed by atoms with E-state index in [2.05, 4.69) is 5.32 Å². The summed E-state index contributed by atoms with van der Waals surface area (Å²) in [7, 11) is 0. The highest BCUT2D eigenvalue weighted by Crippen LogP contribution is 2.29. The van der Waals surface area contributed by atoms with Crippen molar-refractivity contribution in [3.05, 3.63) is 54.1 Å². The zero-order valence-electron chi connectivity index (χ0n) is 17.7. The Morgan fingerprint density at radius 3 is 2.43 bits per heavy atom. The van der Waals surface area contributed by atoms with Crippen molar-refractivity contribution in [2.24, 2.45) is 0 Å². The number of benzene rings is 2. The Bertz CT molecular complexity index is 940. The molecule has 4 amide bonds. The Morgan fingerprint density at radius 1 is 1.13 bits per heavy atom. The highest BCUT2D eigenvalue weighted by atomic mass is 16.5. The monoisotopic (exact) mass is 409 g/mol. The summed E-state index contributed by atoms with van der Waals surface area (Å²) < 4.78 is 5.39. The lowest BCUT2D eigenvalue weighted by atomic mass is 10.1. The predicted octanol–water partition coefficient (Wildman–Crippen LogP) is 3.97. The van der Waals surface area contributed by atoms with Crippen LogP contribution in [0.1, 0.15) is 32.8 Å². The average Bonchev–Trinajstić information content (AvgIpc) is 2.93. The Hall–Kier alpha value is -3.35. The first-order chi connectivity index (χ1) is 14.3. The molecule has 30 heavy (non-hydrogen) atoms. The molecule has 1 atom stereocenters. The molecule has 1 N–H and O–H groups in total. The largest absolute Gasteiger partial charge is 0.494 e. The number of aryl methyl sites for hydroxylation is 1. The zero-order valence-corrected chi connectivity index (χ0v) is 17.7. The second kappa shape index (κ2) is 8.98. The molecule has 158 valence electrons. The van der Waals surface area contributed by atoms with E-state index in [4.69, 9.17) is 4.74 Å². The van der Waals surface area contributed by atoms with Gasteiger partial charge in [-0.15, -0.1) is 0 Å². The van der Waals surface area contributed by atoms with Gasteiger partial charge >= 0.3 is 6.03 Å². The van der Waals surface area contributed by atoms with Gasteiger partial charge in [-0.25, -0.2) is 9.69 Å². The Labute approximate surface area is 176 Å². The fraction of sp³-hybridized carbons (Fsp3) is 0.348. The second-order valence-corrected chi connectivity index (χ2v) is 7.52. The number of hydrogen-bond donors (Lipinski definition) is 1. The molecule has 2 aromatic rings. The summed E-state index contributed by atoms with van der Waals surface area (Å²) in [5.74, 6) is -0.00459. The quantitative estimate of drug-likeness (QED) is 0.702. The minimum Gasteiger partial charge on any atom is -0.494 e. The average molecular weight is 409 g/mol. The van der Waals surface area contributed by atoms with E-state index in [1.165, 1.54) is 9.80 Å². The van der Waals surface area contributed by atoms with Gasteiger partial charge in [-0.1, -0.05) is 12.1 Å². The van der Waals surface area contributed by atoms with Crippen LogP contribution in [0.3, 0.4) is 0 Å². The molecule has 1 saturated heterocycles. The lowest BCUT2D eigenvalue weighted by Crippen LogP contribution is -2.42. The van der Waals surface area contributed by atoms with E-state index in [1.807, 2.05) is 33.8 Å². The normalized spacial score (nSPS) is 16.4. The van der Waals surface area contributed by atoms with E-state index in [9.17, 15) is 14.4 Å². The van der Waals surface area contributed by atoms with E-state index < -0.39 is 12.1 Å². The third-order valence-corrected chi connectivity index (χ3v) is 4.90. The summed E-state index contributed by atoms with van der Waals surface area (Å²) in [5, 5.41) is 2.79. The first kappa shape index (κ1) is 21.4. The molecule has 1 aliphatic rings. The van der Waals surface area contributed by atoms with E-state index in [0.717, 1.165) is 5.56 Å². The number of carbonyl (C=O) groups excluding carboxylic acids is 3. The van der Waals surface area contributed by atoms with Gasteiger partial charge in [0.05, 0.1) is 18.7 Å². The molecule has 0 saturated carbocycles. The molecule has 1 aliphatic heterocycles. The van der Waals surface area contributed by atoms with Crippen molar-refractivity contribution in [1.29, 1.82) is 0 Å². The molecule has 0 spiro atoms. The topological polar surface area (TPSA) is 79.0 Å². The molecular weight excluding hydrogens is 382 g/mol. The van der Waals surface area contributed by atoms with Gasteiger partial charge < -0.3 is 15.0 Å². The van der Waals surface area contributed by atoms with Gasteiger partial charge in [0, 0.05) is 11.7 Å². The van der Waals surface area contributed by atoms with Crippen molar-refractivity contribution in [3.63, 3.8) is 0 Å². The van der Waals surface area contributed by atoms with Crippen LogP contribution in [-0.4, -0.2) is 41.4 Å². The maximum Gasteiger partial charge on any atom is 0.332 e. The zero-order chi connectivity index (χ0) is 21.8. The number of amides is 4.